The van der Waals surface area contributed by atoms with Crippen LogP contribution in [-0.2, 0) is 9.53 Å². The first-order valence-electron chi connectivity index (χ1n) is 5.11. The van der Waals surface area contributed by atoms with Crippen LogP contribution in [0.15, 0.2) is 0 Å². The molecule has 13 heavy (non-hydrogen) atoms. The lowest BCUT2D eigenvalue weighted by Gasteiger charge is -2.07. The molecule has 1 heterocycles. The Labute approximate surface area is 79.8 Å². The third-order valence-corrected chi connectivity index (χ3v) is 2.42. The third-order valence-electron chi connectivity index (χ3n) is 2.42. The Morgan fingerprint density at radius 2 is 2.38 bits per heavy atom. The zero-order valence-electron chi connectivity index (χ0n) is 8.34. The second-order valence-electron chi connectivity index (χ2n) is 3.57. The van der Waals surface area contributed by atoms with E-state index in [4.69, 9.17) is 4.74 Å². The molecule has 3 heteroatoms. The summed E-state index contributed by atoms with van der Waals surface area (Å²) in [6.07, 6.45) is 4.92. The molecule has 76 valence electrons. The largest absolute Gasteiger partial charge is 0.378 e. The van der Waals surface area contributed by atoms with Gasteiger partial charge in [0, 0.05) is 26.0 Å². The fourth-order valence-corrected chi connectivity index (χ4v) is 1.58. The normalized spacial score (nSPS) is 22.1. The van der Waals surface area contributed by atoms with Gasteiger partial charge in [-0.3, -0.25) is 4.79 Å². The number of ether oxygens (including phenoxy) is 1. The molecule has 0 radical (unpaired) electrons. The number of nitrogens with one attached hydrogen (secondary N) is 1. The van der Waals surface area contributed by atoms with E-state index < -0.39 is 0 Å². The van der Waals surface area contributed by atoms with Crippen LogP contribution in [0.25, 0.3) is 0 Å². The first-order chi connectivity index (χ1) is 6.33. The van der Waals surface area contributed by atoms with E-state index >= 15 is 0 Å². The number of hydrogen-bond donors (Lipinski definition) is 1. The molecule has 1 saturated heterocycles. The minimum absolute atomic E-state index is 0.352. The van der Waals surface area contributed by atoms with Crippen LogP contribution in [0.3, 0.4) is 0 Å². The van der Waals surface area contributed by atoms with Gasteiger partial charge >= 0.3 is 0 Å². The Bertz CT molecular complexity index is 153. The number of carbonyl (C=O) groups is 1. The molecule has 0 aromatic carbocycles. The molecule has 3 nitrogen and oxygen atoms in total. The molecule has 0 aromatic heterocycles. The second-order valence-corrected chi connectivity index (χ2v) is 3.57. The Morgan fingerprint density at radius 3 is 3.00 bits per heavy atom. The minimum atomic E-state index is 0.352. The molecule has 0 aliphatic carbocycles. The highest BCUT2D eigenvalue weighted by Crippen LogP contribution is 2.16. The van der Waals surface area contributed by atoms with E-state index in [0.29, 0.717) is 24.7 Å². The van der Waals surface area contributed by atoms with Crippen molar-refractivity contribution in [2.45, 2.75) is 38.2 Å². The van der Waals surface area contributed by atoms with Crippen molar-refractivity contribution in [1.82, 2.24) is 5.32 Å². The summed E-state index contributed by atoms with van der Waals surface area (Å²) in [5.41, 5.74) is 0. The fraction of sp³-hybridized carbons (Fsp3) is 0.900. The maximum atomic E-state index is 11.3. The van der Waals surface area contributed by atoms with Gasteiger partial charge in [0.05, 0.1) is 6.10 Å². The maximum absolute atomic E-state index is 11.3. The van der Waals surface area contributed by atoms with Crippen LogP contribution in [0.2, 0.25) is 0 Å². The second kappa shape index (κ2) is 6.11. The number of carbonyl (C=O) groups excluding carboxylic acids is 1. The molecule has 0 aromatic rings. The number of hydrogen-bond acceptors (Lipinski definition) is 3. The zero-order valence-corrected chi connectivity index (χ0v) is 8.34. The van der Waals surface area contributed by atoms with Crippen molar-refractivity contribution in [3.8, 4) is 0 Å². The van der Waals surface area contributed by atoms with Crippen LogP contribution in [0.5, 0.6) is 0 Å². The Morgan fingerprint density at radius 1 is 1.54 bits per heavy atom. The highest BCUT2D eigenvalue weighted by atomic mass is 16.5. The van der Waals surface area contributed by atoms with Gasteiger partial charge in [0.1, 0.15) is 5.78 Å². The minimum Gasteiger partial charge on any atom is -0.378 e. The average molecular weight is 185 g/mol. The SMILES string of the molecule is CNCCC(=O)CCC1CCCO1. The van der Waals surface area contributed by atoms with E-state index in [9.17, 15) is 4.79 Å². The Hall–Kier alpha value is -0.410. The maximum Gasteiger partial charge on any atom is 0.134 e. The van der Waals surface area contributed by atoms with Crippen LogP contribution in [0.1, 0.15) is 32.1 Å². The van der Waals surface area contributed by atoms with Crippen molar-refractivity contribution >= 4 is 5.78 Å². The Balaban J connectivity index is 2.00. The van der Waals surface area contributed by atoms with E-state index in [1.54, 1.807) is 0 Å². The van der Waals surface area contributed by atoms with Gasteiger partial charge in [-0.15, -0.1) is 0 Å². The summed E-state index contributed by atoms with van der Waals surface area (Å²) in [5, 5.41) is 2.97. The first-order valence-corrected chi connectivity index (χ1v) is 5.11. The zero-order chi connectivity index (χ0) is 9.52. The molecular formula is C10H19NO2. The van der Waals surface area contributed by atoms with E-state index in [1.165, 1.54) is 0 Å². The molecular weight excluding hydrogens is 166 g/mol. The summed E-state index contributed by atoms with van der Waals surface area (Å²) in [6.45, 7) is 1.68. The molecule has 1 unspecified atom stereocenters. The topological polar surface area (TPSA) is 38.3 Å². The van der Waals surface area contributed by atoms with Crippen molar-refractivity contribution in [3.63, 3.8) is 0 Å². The summed E-state index contributed by atoms with van der Waals surface area (Å²) in [4.78, 5) is 11.3. The lowest BCUT2D eigenvalue weighted by molar-refractivity contribution is -0.119. The Kier molecular flexibility index (Phi) is 5.01. The van der Waals surface area contributed by atoms with Crippen molar-refractivity contribution in [2.75, 3.05) is 20.2 Å². The van der Waals surface area contributed by atoms with Crippen LogP contribution in [0.4, 0.5) is 0 Å². The van der Waals surface area contributed by atoms with Crippen molar-refractivity contribution < 1.29 is 9.53 Å². The van der Waals surface area contributed by atoms with Gasteiger partial charge in [-0.2, -0.15) is 0 Å². The molecule has 0 amide bonds. The molecule has 0 spiro atoms. The van der Waals surface area contributed by atoms with Gasteiger partial charge < -0.3 is 10.1 Å². The summed E-state index contributed by atoms with van der Waals surface area (Å²) in [6, 6.07) is 0. The van der Waals surface area contributed by atoms with Crippen molar-refractivity contribution in [3.05, 3.63) is 0 Å². The lowest BCUT2D eigenvalue weighted by atomic mass is 10.1. The summed E-state index contributed by atoms with van der Waals surface area (Å²) in [5.74, 6) is 0.352. The quantitative estimate of drug-likeness (QED) is 0.674. The van der Waals surface area contributed by atoms with Gasteiger partial charge in [0.25, 0.3) is 0 Å². The van der Waals surface area contributed by atoms with Gasteiger partial charge in [-0.05, 0) is 26.3 Å². The van der Waals surface area contributed by atoms with Crippen LogP contribution in [0, 0.1) is 0 Å². The molecule has 1 fully saturated rings. The summed E-state index contributed by atoms with van der Waals surface area (Å²) in [7, 11) is 1.87. The van der Waals surface area contributed by atoms with Gasteiger partial charge in [0.15, 0.2) is 0 Å². The van der Waals surface area contributed by atoms with Crippen LogP contribution >= 0.6 is 0 Å². The van der Waals surface area contributed by atoms with E-state index in [-0.39, 0.29) is 0 Å². The third kappa shape index (κ3) is 4.39. The van der Waals surface area contributed by atoms with Gasteiger partial charge in [0.2, 0.25) is 0 Å². The van der Waals surface area contributed by atoms with Crippen molar-refractivity contribution in [1.29, 1.82) is 0 Å². The molecule has 1 aliphatic rings. The first kappa shape index (κ1) is 10.7. The standard InChI is InChI=1S/C10H19NO2/c1-11-7-6-9(12)4-5-10-3-2-8-13-10/h10-11H,2-8H2,1H3. The van der Waals surface area contributed by atoms with E-state index in [2.05, 4.69) is 5.32 Å². The summed E-state index contributed by atoms with van der Waals surface area (Å²) >= 11 is 0. The van der Waals surface area contributed by atoms with E-state index in [1.807, 2.05) is 7.05 Å². The highest BCUT2D eigenvalue weighted by Gasteiger charge is 2.16. The number of Topliss-reactive ketones (excluding diaryl/α,β-unsaturated/α-hetero) is 1. The predicted octanol–water partition coefficient (Wildman–Crippen LogP) is 1.12. The average Bonchev–Trinajstić information content (AvgIpc) is 2.64. The van der Waals surface area contributed by atoms with Crippen molar-refractivity contribution in [2.24, 2.45) is 0 Å². The van der Waals surface area contributed by atoms with Crippen LogP contribution < -0.4 is 5.32 Å². The number of rotatable bonds is 6. The molecule has 0 bridgehead atoms. The summed E-state index contributed by atoms with van der Waals surface area (Å²) < 4.78 is 5.44. The van der Waals surface area contributed by atoms with Gasteiger partial charge in [-0.1, -0.05) is 0 Å². The smallest absolute Gasteiger partial charge is 0.134 e. The monoisotopic (exact) mass is 185 g/mol. The molecule has 0 saturated carbocycles. The molecule has 1 rings (SSSR count). The lowest BCUT2D eigenvalue weighted by Crippen LogP contribution is -2.14. The molecule has 1 atom stereocenters. The van der Waals surface area contributed by atoms with Crippen LogP contribution in [-0.4, -0.2) is 32.1 Å². The molecule has 1 N–H and O–H groups in total. The predicted molar refractivity (Wildman–Crippen MR) is 51.8 cm³/mol. The highest BCUT2D eigenvalue weighted by molar-refractivity contribution is 5.78. The van der Waals surface area contributed by atoms with E-state index in [0.717, 1.165) is 32.4 Å². The molecule has 1 aliphatic heterocycles. The van der Waals surface area contributed by atoms with Gasteiger partial charge in [-0.25, -0.2) is 0 Å². The fourth-order valence-electron chi connectivity index (χ4n) is 1.58. The number of ketones is 1.